The van der Waals surface area contributed by atoms with Gasteiger partial charge in [-0.25, -0.2) is 4.79 Å². The zero-order valence-corrected chi connectivity index (χ0v) is 8.29. The van der Waals surface area contributed by atoms with Crippen molar-refractivity contribution in [3.8, 4) is 0 Å². The van der Waals surface area contributed by atoms with E-state index in [1.807, 2.05) is 13.8 Å². The predicted molar refractivity (Wildman–Crippen MR) is 48.4 cm³/mol. The fraction of sp³-hybridized carbons (Fsp3) is 0.667. The van der Waals surface area contributed by atoms with Crippen LogP contribution in [0.4, 0.5) is 0 Å². The van der Waals surface area contributed by atoms with E-state index in [2.05, 4.69) is 6.58 Å². The van der Waals surface area contributed by atoms with Gasteiger partial charge in [0, 0.05) is 5.57 Å². The van der Waals surface area contributed by atoms with E-state index in [9.17, 15) is 4.79 Å². The Morgan fingerprint density at radius 3 is 1.77 bits per heavy atom. The molecule has 1 rings (SSSR count). The molecule has 0 aromatic rings. The Bertz CT molecular complexity index is 176. The maximum atomic E-state index is 9.60. The predicted octanol–water partition coefficient (Wildman–Crippen LogP) is 1.42. The molecular formula is C9H16O4. The van der Waals surface area contributed by atoms with Crippen molar-refractivity contribution in [2.75, 3.05) is 13.2 Å². The number of hydrogen-bond donors (Lipinski definition) is 1. The van der Waals surface area contributed by atoms with Crippen molar-refractivity contribution < 1.29 is 19.4 Å². The number of rotatable bonds is 1. The Morgan fingerprint density at radius 1 is 1.38 bits per heavy atom. The average molecular weight is 188 g/mol. The lowest BCUT2D eigenvalue weighted by molar-refractivity contribution is -0.132. The normalized spacial score (nSPS) is 18.7. The highest BCUT2D eigenvalue weighted by Crippen LogP contribution is 2.15. The van der Waals surface area contributed by atoms with Crippen LogP contribution in [-0.4, -0.2) is 30.1 Å². The Morgan fingerprint density at radius 2 is 1.69 bits per heavy atom. The van der Waals surface area contributed by atoms with Crippen LogP contribution in [0.1, 0.15) is 20.8 Å². The number of ether oxygens (including phenoxy) is 2. The van der Waals surface area contributed by atoms with Crippen molar-refractivity contribution in [1.82, 2.24) is 0 Å². The highest BCUT2D eigenvalue weighted by molar-refractivity contribution is 5.84. The van der Waals surface area contributed by atoms with Gasteiger partial charge < -0.3 is 14.6 Å². The van der Waals surface area contributed by atoms with Crippen LogP contribution in [0, 0.1) is 0 Å². The lowest BCUT2D eigenvalue weighted by atomic mass is 10.4. The number of carboxylic acid groups (broad SMARTS) is 1. The Balaban J connectivity index is 0.000000226. The monoisotopic (exact) mass is 188 g/mol. The van der Waals surface area contributed by atoms with Crippen LogP contribution in [0.5, 0.6) is 0 Å². The first-order valence-corrected chi connectivity index (χ1v) is 4.02. The number of carbonyl (C=O) groups is 1. The van der Waals surface area contributed by atoms with Crippen molar-refractivity contribution in [1.29, 1.82) is 0 Å². The summed E-state index contributed by atoms with van der Waals surface area (Å²) >= 11 is 0. The van der Waals surface area contributed by atoms with Crippen LogP contribution < -0.4 is 0 Å². The molecule has 4 heteroatoms. The molecule has 0 amide bonds. The van der Waals surface area contributed by atoms with E-state index in [0.29, 0.717) is 0 Å². The Hall–Kier alpha value is -0.870. The van der Waals surface area contributed by atoms with E-state index >= 15 is 0 Å². The molecule has 0 saturated carbocycles. The van der Waals surface area contributed by atoms with Gasteiger partial charge in [0.1, 0.15) is 0 Å². The Kier molecular flexibility index (Phi) is 4.66. The molecule has 76 valence electrons. The lowest BCUT2D eigenvalue weighted by Crippen LogP contribution is -2.18. The van der Waals surface area contributed by atoms with Gasteiger partial charge in [-0.05, 0) is 20.8 Å². The van der Waals surface area contributed by atoms with E-state index in [1.165, 1.54) is 6.92 Å². The number of aliphatic carboxylic acids is 1. The van der Waals surface area contributed by atoms with E-state index in [-0.39, 0.29) is 11.4 Å². The van der Waals surface area contributed by atoms with E-state index in [0.717, 1.165) is 13.2 Å². The second kappa shape index (κ2) is 4.99. The second-order valence-electron chi connectivity index (χ2n) is 3.18. The van der Waals surface area contributed by atoms with Crippen molar-refractivity contribution in [2.45, 2.75) is 26.6 Å². The lowest BCUT2D eigenvalue weighted by Gasteiger charge is -2.13. The minimum Gasteiger partial charge on any atom is -0.478 e. The van der Waals surface area contributed by atoms with Crippen molar-refractivity contribution in [3.63, 3.8) is 0 Å². The summed E-state index contributed by atoms with van der Waals surface area (Å²) in [5, 5.41) is 7.89. The molecule has 1 aliphatic heterocycles. The molecule has 0 aliphatic carbocycles. The van der Waals surface area contributed by atoms with Crippen LogP contribution in [0.15, 0.2) is 12.2 Å². The molecule has 0 aromatic carbocycles. The third-order valence-electron chi connectivity index (χ3n) is 1.35. The quantitative estimate of drug-likeness (QED) is 0.632. The van der Waals surface area contributed by atoms with E-state index < -0.39 is 5.97 Å². The second-order valence-corrected chi connectivity index (χ2v) is 3.18. The van der Waals surface area contributed by atoms with Crippen molar-refractivity contribution >= 4 is 5.97 Å². The standard InChI is InChI=1S/C5H10O2.C4H6O2/c1-5(2)6-3-4-7-5;1-3(2)4(5)6/h3-4H2,1-2H3;1H2,2H3,(H,5,6). The molecule has 1 fully saturated rings. The fourth-order valence-electron chi connectivity index (χ4n) is 0.617. The molecule has 4 nitrogen and oxygen atoms in total. The minimum absolute atomic E-state index is 0.176. The number of carboxylic acids is 1. The highest BCUT2D eigenvalue weighted by Gasteiger charge is 2.23. The summed E-state index contributed by atoms with van der Waals surface area (Å²) in [6.07, 6.45) is 0. The van der Waals surface area contributed by atoms with Crippen LogP contribution in [-0.2, 0) is 14.3 Å². The van der Waals surface area contributed by atoms with Gasteiger partial charge in [0.15, 0.2) is 5.79 Å². The zero-order valence-electron chi connectivity index (χ0n) is 8.29. The Labute approximate surface area is 78.2 Å². The van der Waals surface area contributed by atoms with Crippen LogP contribution >= 0.6 is 0 Å². The molecule has 1 aliphatic rings. The molecule has 1 saturated heterocycles. The van der Waals surface area contributed by atoms with Gasteiger partial charge in [0.05, 0.1) is 13.2 Å². The van der Waals surface area contributed by atoms with Crippen LogP contribution in [0.25, 0.3) is 0 Å². The first-order valence-electron chi connectivity index (χ1n) is 4.02. The van der Waals surface area contributed by atoms with Gasteiger partial charge in [-0.1, -0.05) is 6.58 Å². The SMILES string of the molecule is C=C(C)C(=O)O.CC1(C)OCCO1. The van der Waals surface area contributed by atoms with Gasteiger partial charge in [0.2, 0.25) is 0 Å². The maximum Gasteiger partial charge on any atom is 0.330 e. The zero-order chi connectivity index (χ0) is 10.5. The van der Waals surface area contributed by atoms with Gasteiger partial charge in [0.25, 0.3) is 0 Å². The van der Waals surface area contributed by atoms with Crippen molar-refractivity contribution in [3.05, 3.63) is 12.2 Å². The average Bonchev–Trinajstić information content (AvgIpc) is 2.35. The fourth-order valence-corrected chi connectivity index (χ4v) is 0.617. The molecule has 0 spiro atoms. The molecule has 0 aromatic heterocycles. The third-order valence-corrected chi connectivity index (χ3v) is 1.35. The molecule has 0 atom stereocenters. The number of hydrogen-bond acceptors (Lipinski definition) is 3. The maximum absolute atomic E-state index is 9.60. The summed E-state index contributed by atoms with van der Waals surface area (Å²) in [5.74, 6) is -1.24. The first kappa shape index (κ1) is 12.1. The van der Waals surface area contributed by atoms with Gasteiger partial charge in [-0.15, -0.1) is 0 Å². The van der Waals surface area contributed by atoms with Crippen molar-refractivity contribution in [2.24, 2.45) is 0 Å². The molecule has 1 heterocycles. The highest BCUT2D eigenvalue weighted by atomic mass is 16.7. The van der Waals surface area contributed by atoms with E-state index in [1.54, 1.807) is 0 Å². The minimum atomic E-state index is -0.935. The summed E-state index contributed by atoms with van der Waals surface area (Å²) in [7, 11) is 0. The molecule has 0 bridgehead atoms. The topological polar surface area (TPSA) is 55.8 Å². The van der Waals surface area contributed by atoms with E-state index in [4.69, 9.17) is 14.6 Å². The summed E-state index contributed by atoms with van der Waals surface area (Å²) in [4.78, 5) is 9.60. The summed E-state index contributed by atoms with van der Waals surface area (Å²) in [6, 6.07) is 0. The summed E-state index contributed by atoms with van der Waals surface area (Å²) in [5.41, 5.74) is 0.176. The van der Waals surface area contributed by atoms with Gasteiger partial charge in [-0.3, -0.25) is 0 Å². The smallest absolute Gasteiger partial charge is 0.330 e. The molecule has 1 N–H and O–H groups in total. The van der Waals surface area contributed by atoms with Crippen LogP contribution in [0.2, 0.25) is 0 Å². The molecule has 0 unspecified atom stereocenters. The first-order chi connectivity index (χ1) is 5.85. The molecular weight excluding hydrogens is 172 g/mol. The molecule has 0 radical (unpaired) electrons. The van der Waals surface area contributed by atoms with Gasteiger partial charge >= 0.3 is 5.97 Å². The summed E-state index contributed by atoms with van der Waals surface area (Å²) < 4.78 is 10.2. The third kappa shape index (κ3) is 6.31. The summed E-state index contributed by atoms with van der Waals surface area (Å²) in [6.45, 7) is 9.92. The molecule has 13 heavy (non-hydrogen) atoms. The largest absolute Gasteiger partial charge is 0.478 e. The van der Waals surface area contributed by atoms with Crippen LogP contribution in [0.3, 0.4) is 0 Å². The van der Waals surface area contributed by atoms with Gasteiger partial charge in [-0.2, -0.15) is 0 Å².